The zero-order valence-electron chi connectivity index (χ0n) is 9.06. The molecule has 2 atom stereocenters. The van der Waals surface area contributed by atoms with Crippen molar-refractivity contribution in [2.75, 3.05) is 17.3 Å². The first-order chi connectivity index (χ1) is 6.39. The number of rotatable bonds is 7. The van der Waals surface area contributed by atoms with Crippen LogP contribution in [0.2, 0.25) is 0 Å². The number of aliphatic hydroxyl groups excluding tert-OH is 1. The van der Waals surface area contributed by atoms with Gasteiger partial charge in [-0.3, -0.25) is 0 Å². The van der Waals surface area contributed by atoms with E-state index in [1.165, 1.54) is 11.8 Å². The number of hydrogen-bond donors (Lipinski definition) is 1. The van der Waals surface area contributed by atoms with Crippen LogP contribution in [0.15, 0.2) is 0 Å². The van der Waals surface area contributed by atoms with Gasteiger partial charge in [0, 0.05) is 16.8 Å². The number of hydrogen-bond acceptors (Lipinski definition) is 4. The van der Waals surface area contributed by atoms with Gasteiger partial charge in [0.25, 0.3) is 0 Å². The molecule has 3 nitrogen and oxygen atoms in total. The molecule has 86 valence electrons. The van der Waals surface area contributed by atoms with E-state index in [0.29, 0.717) is 12.2 Å². The Labute approximate surface area is 91.2 Å². The SMILES string of the molecule is CCCS(=O)(=O)CCSC(C)C(C)O. The maximum Gasteiger partial charge on any atom is 0.151 e. The third kappa shape index (κ3) is 6.68. The van der Waals surface area contributed by atoms with E-state index in [1.54, 1.807) is 6.92 Å². The molecule has 1 N–H and O–H groups in total. The molecule has 0 bridgehead atoms. The molecule has 0 radical (unpaired) electrons. The highest BCUT2D eigenvalue weighted by Crippen LogP contribution is 2.14. The van der Waals surface area contributed by atoms with Gasteiger partial charge in [0.1, 0.15) is 0 Å². The van der Waals surface area contributed by atoms with Crippen molar-refractivity contribution in [3.8, 4) is 0 Å². The van der Waals surface area contributed by atoms with Crippen molar-refractivity contribution in [1.29, 1.82) is 0 Å². The van der Waals surface area contributed by atoms with Crippen LogP contribution in [0.25, 0.3) is 0 Å². The molecule has 0 aromatic carbocycles. The van der Waals surface area contributed by atoms with Crippen LogP contribution in [-0.4, -0.2) is 42.1 Å². The van der Waals surface area contributed by atoms with Crippen LogP contribution >= 0.6 is 11.8 Å². The maximum atomic E-state index is 11.3. The Bertz CT molecular complexity index is 234. The highest BCUT2D eigenvalue weighted by Gasteiger charge is 2.13. The van der Waals surface area contributed by atoms with Crippen molar-refractivity contribution in [3.63, 3.8) is 0 Å². The van der Waals surface area contributed by atoms with Crippen LogP contribution in [0.1, 0.15) is 27.2 Å². The van der Waals surface area contributed by atoms with Gasteiger partial charge in [-0.25, -0.2) is 8.42 Å². The Kier molecular flexibility index (Phi) is 6.81. The topological polar surface area (TPSA) is 54.4 Å². The van der Waals surface area contributed by atoms with E-state index < -0.39 is 9.84 Å². The first-order valence-corrected chi connectivity index (χ1v) is 7.76. The molecular weight excluding hydrogens is 220 g/mol. The predicted molar refractivity (Wildman–Crippen MR) is 62.5 cm³/mol. The summed E-state index contributed by atoms with van der Waals surface area (Å²) < 4.78 is 22.6. The summed E-state index contributed by atoms with van der Waals surface area (Å²) >= 11 is 1.51. The zero-order chi connectivity index (χ0) is 11.2. The van der Waals surface area contributed by atoms with E-state index in [2.05, 4.69) is 0 Å². The molecule has 0 saturated carbocycles. The summed E-state index contributed by atoms with van der Waals surface area (Å²) in [5.41, 5.74) is 0. The molecule has 0 aromatic heterocycles. The number of thioether (sulfide) groups is 1. The van der Waals surface area contributed by atoms with Crippen molar-refractivity contribution in [3.05, 3.63) is 0 Å². The summed E-state index contributed by atoms with van der Waals surface area (Å²) in [6, 6.07) is 0. The average molecular weight is 240 g/mol. The highest BCUT2D eigenvalue weighted by atomic mass is 32.2. The zero-order valence-corrected chi connectivity index (χ0v) is 10.7. The summed E-state index contributed by atoms with van der Waals surface area (Å²) in [5, 5.41) is 9.29. The number of aliphatic hydroxyl groups is 1. The van der Waals surface area contributed by atoms with Gasteiger partial charge in [-0.2, -0.15) is 11.8 Å². The van der Waals surface area contributed by atoms with Crippen molar-refractivity contribution >= 4 is 21.6 Å². The number of sulfone groups is 1. The summed E-state index contributed by atoms with van der Waals surface area (Å²) in [7, 11) is -2.86. The lowest BCUT2D eigenvalue weighted by Crippen LogP contribution is -2.18. The summed E-state index contributed by atoms with van der Waals surface area (Å²) in [6.45, 7) is 5.49. The second-order valence-electron chi connectivity index (χ2n) is 3.47. The van der Waals surface area contributed by atoms with Crippen LogP contribution in [0.4, 0.5) is 0 Å². The van der Waals surface area contributed by atoms with Gasteiger partial charge in [-0.15, -0.1) is 0 Å². The van der Waals surface area contributed by atoms with Crippen LogP contribution in [0, 0.1) is 0 Å². The summed E-state index contributed by atoms with van der Waals surface area (Å²) in [6.07, 6.45) is 0.299. The standard InChI is InChI=1S/C9H20O3S2/c1-4-6-14(11,12)7-5-13-9(3)8(2)10/h8-10H,4-7H2,1-3H3. The van der Waals surface area contributed by atoms with Crippen molar-refractivity contribution < 1.29 is 13.5 Å². The smallest absolute Gasteiger partial charge is 0.151 e. The van der Waals surface area contributed by atoms with E-state index in [0.717, 1.165) is 0 Å². The average Bonchev–Trinajstić information content (AvgIpc) is 2.03. The van der Waals surface area contributed by atoms with Crippen LogP contribution in [0.5, 0.6) is 0 Å². The lowest BCUT2D eigenvalue weighted by molar-refractivity contribution is 0.196. The second-order valence-corrected chi connectivity index (χ2v) is 7.26. The molecule has 0 aromatic rings. The van der Waals surface area contributed by atoms with Crippen molar-refractivity contribution in [1.82, 2.24) is 0 Å². The molecule has 0 aliphatic rings. The van der Waals surface area contributed by atoms with E-state index >= 15 is 0 Å². The van der Waals surface area contributed by atoms with Gasteiger partial charge >= 0.3 is 0 Å². The molecule has 14 heavy (non-hydrogen) atoms. The van der Waals surface area contributed by atoms with Gasteiger partial charge in [0.15, 0.2) is 9.84 Å². The maximum absolute atomic E-state index is 11.3. The Morgan fingerprint density at radius 3 is 2.29 bits per heavy atom. The molecule has 0 aliphatic carbocycles. The molecule has 2 unspecified atom stereocenters. The van der Waals surface area contributed by atoms with Gasteiger partial charge in [0.2, 0.25) is 0 Å². The predicted octanol–water partition coefficient (Wildman–Crippen LogP) is 1.31. The van der Waals surface area contributed by atoms with Crippen molar-refractivity contribution in [2.45, 2.75) is 38.5 Å². The molecule has 0 saturated heterocycles. The van der Waals surface area contributed by atoms with E-state index in [9.17, 15) is 13.5 Å². The minimum atomic E-state index is -2.86. The third-order valence-electron chi connectivity index (χ3n) is 1.97. The quantitative estimate of drug-likeness (QED) is 0.729. The van der Waals surface area contributed by atoms with Crippen molar-refractivity contribution in [2.24, 2.45) is 0 Å². The van der Waals surface area contributed by atoms with E-state index in [1.807, 2.05) is 13.8 Å². The molecule has 0 heterocycles. The molecule has 0 rings (SSSR count). The fourth-order valence-electron chi connectivity index (χ4n) is 0.913. The van der Waals surface area contributed by atoms with Crippen LogP contribution < -0.4 is 0 Å². The first-order valence-electron chi connectivity index (χ1n) is 4.89. The molecule has 0 aliphatic heterocycles. The fourth-order valence-corrected chi connectivity index (χ4v) is 3.79. The summed E-state index contributed by atoms with van der Waals surface area (Å²) in [4.78, 5) is 0. The molecule has 5 heteroatoms. The van der Waals surface area contributed by atoms with Gasteiger partial charge in [-0.1, -0.05) is 13.8 Å². The summed E-state index contributed by atoms with van der Waals surface area (Å²) in [5.74, 6) is 1.08. The largest absolute Gasteiger partial charge is 0.392 e. The first kappa shape index (κ1) is 14.3. The van der Waals surface area contributed by atoms with Crippen LogP contribution in [-0.2, 0) is 9.84 Å². The molecule has 0 spiro atoms. The van der Waals surface area contributed by atoms with Crippen LogP contribution in [0.3, 0.4) is 0 Å². The normalized spacial score (nSPS) is 16.6. The van der Waals surface area contributed by atoms with Gasteiger partial charge in [0.05, 0.1) is 11.9 Å². The Hall–Kier alpha value is 0.260. The monoisotopic (exact) mass is 240 g/mol. The Morgan fingerprint density at radius 1 is 1.29 bits per heavy atom. The van der Waals surface area contributed by atoms with E-state index in [4.69, 9.17) is 0 Å². The van der Waals surface area contributed by atoms with Gasteiger partial charge in [-0.05, 0) is 13.3 Å². The van der Waals surface area contributed by atoms with Gasteiger partial charge < -0.3 is 5.11 Å². The molecular formula is C9H20O3S2. The lowest BCUT2D eigenvalue weighted by Gasteiger charge is -2.13. The minimum Gasteiger partial charge on any atom is -0.392 e. The van der Waals surface area contributed by atoms with E-state index in [-0.39, 0.29) is 22.9 Å². The Morgan fingerprint density at radius 2 is 1.86 bits per heavy atom. The second kappa shape index (κ2) is 6.69. The minimum absolute atomic E-state index is 0.104. The third-order valence-corrected chi connectivity index (χ3v) is 5.44. The Balaban J connectivity index is 3.74. The highest BCUT2D eigenvalue weighted by molar-refractivity contribution is 8.01. The molecule has 0 amide bonds. The molecule has 0 fully saturated rings. The lowest BCUT2D eigenvalue weighted by atomic mass is 10.3. The fraction of sp³-hybridized carbons (Fsp3) is 1.00.